The smallest absolute Gasteiger partial charge is 0.0992 e. The molecule has 1 unspecified atom stereocenters. The second-order valence-electron chi connectivity index (χ2n) is 4.82. The van der Waals surface area contributed by atoms with Crippen LogP contribution in [0.4, 0.5) is 5.69 Å². The van der Waals surface area contributed by atoms with Gasteiger partial charge < -0.3 is 10.4 Å². The minimum Gasteiger partial charge on any atom is -0.396 e. The molecule has 0 spiro atoms. The van der Waals surface area contributed by atoms with E-state index >= 15 is 0 Å². The van der Waals surface area contributed by atoms with Crippen molar-refractivity contribution >= 4 is 5.69 Å². The Morgan fingerprint density at radius 3 is 2.71 bits per heavy atom. The third-order valence-corrected chi connectivity index (χ3v) is 3.31. The maximum Gasteiger partial charge on any atom is 0.0992 e. The van der Waals surface area contributed by atoms with Gasteiger partial charge in [-0.1, -0.05) is 19.9 Å². The Morgan fingerprint density at radius 1 is 1.47 bits per heavy atom. The number of aliphatic hydroxyl groups excluding tert-OH is 1. The molecule has 0 aromatic heterocycles. The summed E-state index contributed by atoms with van der Waals surface area (Å²) in [4.78, 5) is 0. The molecule has 1 rings (SSSR count). The molecule has 17 heavy (non-hydrogen) atoms. The van der Waals surface area contributed by atoms with Gasteiger partial charge in [0.1, 0.15) is 0 Å². The van der Waals surface area contributed by atoms with Crippen molar-refractivity contribution in [2.75, 3.05) is 18.5 Å². The molecule has 2 N–H and O–H groups in total. The maximum atomic E-state index is 9.34. The highest BCUT2D eigenvalue weighted by molar-refractivity contribution is 5.55. The molecular formula is C14H20N2O. The van der Waals surface area contributed by atoms with E-state index in [1.165, 1.54) is 0 Å². The van der Waals surface area contributed by atoms with Crippen LogP contribution in [-0.2, 0) is 0 Å². The summed E-state index contributed by atoms with van der Waals surface area (Å²) in [6.07, 6.45) is 0.910. The minimum atomic E-state index is -0.116. The third-order valence-electron chi connectivity index (χ3n) is 3.31. The van der Waals surface area contributed by atoms with Crippen LogP contribution in [0.25, 0.3) is 0 Å². The molecule has 0 saturated carbocycles. The van der Waals surface area contributed by atoms with Crippen molar-refractivity contribution in [1.29, 1.82) is 5.26 Å². The van der Waals surface area contributed by atoms with Crippen LogP contribution in [0.1, 0.15) is 31.4 Å². The molecule has 0 fully saturated rings. The highest BCUT2D eigenvalue weighted by atomic mass is 16.3. The van der Waals surface area contributed by atoms with Gasteiger partial charge in [-0.15, -0.1) is 0 Å². The van der Waals surface area contributed by atoms with Gasteiger partial charge in [-0.2, -0.15) is 5.26 Å². The molecular weight excluding hydrogens is 212 g/mol. The van der Waals surface area contributed by atoms with Crippen LogP contribution in [0.15, 0.2) is 18.2 Å². The van der Waals surface area contributed by atoms with Crippen LogP contribution in [0.5, 0.6) is 0 Å². The highest BCUT2D eigenvalue weighted by Crippen LogP contribution is 2.23. The summed E-state index contributed by atoms with van der Waals surface area (Å²) >= 11 is 0. The zero-order valence-electron chi connectivity index (χ0n) is 10.7. The van der Waals surface area contributed by atoms with Gasteiger partial charge in [-0.25, -0.2) is 0 Å². The van der Waals surface area contributed by atoms with Crippen LogP contribution in [0.3, 0.4) is 0 Å². The number of aryl methyl sites for hydroxylation is 1. The number of nitrogens with one attached hydrogen (secondary N) is 1. The van der Waals surface area contributed by atoms with E-state index in [0.717, 1.165) is 17.7 Å². The number of nitrogens with zero attached hydrogens (tertiary/aromatic N) is 1. The fraction of sp³-hybridized carbons (Fsp3) is 0.500. The minimum absolute atomic E-state index is 0.116. The van der Waals surface area contributed by atoms with Gasteiger partial charge in [0.15, 0.2) is 0 Å². The van der Waals surface area contributed by atoms with E-state index in [-0.39, 0.29) is 12.0 Å². The van der Waals surface area contributed by atoms with E-state index in [2.05, 4.69) is 18.3 Å². The Hall–Kier alpha value is -1.53. The topological polar surface area (TPSA) is 56.0 Å². The molecule has 0 aliphatic heterocycles. The molecule has 0 aliphatic rings. The standard InChI is InChI=1S/C14H20N2O/c1-4-14(3,10-17)9-16-13-7-12(8-15)6-5-11(13)2/h5-7,16-17H,4,9-10H2,1-3H3. The average molecular weight is 232 g/mol. The van der Waals surface area contributed by atoms with Gasteiger partial charge in [-0.05, 0) is 31.0 Å². The highest BCUT2D eigenvalue weighted by Gasteiger charge is 2.20. The maximum absolute atomic E-state index is 9.34. The normalized spacial score (nSPS) is 13.8. The lowest BCUT2D eigenvalue weighted by atomic mass is 9.88. The summed E-state index contributed by atoms with van der Waals surface area (Å²) in [5.41, 5.74) is 2.62. The van der Waals surface area contributed by atoms with E-state index < -0.39 is 0 Å². The van der Waals surface area contributed by atoms with Gasteiger partial charge in [-0.3, -0.25) is 0 Å². The number of nitriles is 1. The van der Waals surface area contributed by atoms with E-state index in [9.17, 15) is 5.11 Å². The third kappa shape index (κ3) is 3.47. The predicted octanol–water partition coefficient (Wildman–Crippen LogP) is 2.69. The molecule has 3 heteroatoms. The zero-order chi connectivity index (χ0) is 12.9. The summed E-state index contributed by atoms with van der Waals surface area (Å²) in [6, 6.07) is 7.73. The van der Waals surface area contributed by atoms with Gasteiger partial charge >= 0.3 is 0 Å². The Morgan fingerprint density at radius 2 is 2.18 bits per heavy atom. The number of hydrogen-bond donors (Lipinski definition) is 2. The van der Waals surface area contributed by atoms with E-state index in [0.29, 0.717) is 12.1 Å². The summed E-state index contributed by atoms with van der Waals surface area (Å²) in [5.74, 6) is 0. The fourth-order valence-electron chi connectivity index (χ4n) is 1.48. The number of hydrogen-bond acceptors (Lipinski definition) is 3. The SMILES string of the molecule is CCC(C)(CO)CNc1cc(C#N)ccc1C. The van der Waals surface area contributed by atoms with Crippen molar-refractivity contribution in [2.45, 2.75) is 27.2 Å². The molecule has 0 heterocycles. The Labute approximate surface area is 103 Å². The van der Waals surface area contributed by atoms with Crippen LogP contribution in [0.2, 0.25) is 0 Å². The second-order valence-corrected chi connectivity index (χ2v) is 4.82. The number of aliphatic hydroxyl groups is 1. The average Bonchev–Trinajstić information content (AvgIpc) is 2.37. The molecule has 1 aromatic carbocycles. The number of anilines is 1. The second kappa shape index (κ2) is 5.70. The van der Waals surface area contributed by atoms with Gasteiger partial charge in [0.2, 0.25) is 0 Å². The molecule has 0 aliphatic carbocycles. The summed E-state index contributed by atoms with van der Waals surface area (Å²) in [6.45, 7) is 6.98. The predicted molar refractivity (Wildman–Crippen MR) is 69.9 cm³/mol. The van der Waals surface area contributed by atoms with Crippen LogP contribution in [0, 0.1) is 23.7 Å². The molecule has 3 nitrogen and oxygen atoms in total. The number of benzene rings is 1. The van der Waals surface area contributed by atoms with E-state index in [1.807, 2.05) is 32.0 Å². The quantitative estimate of drug-likeness (QED) is 0.820. The Kier molecular flexibility index (Phi) is 4.53. The number of rotatable bonds is 5. The van der Waals surface area contributed by atoms with Crippen LogP contribution >= 0.6 is 0 Å². The summed E-state index contributed by atoms with van der Waals surface area (Å²) < 4.78 is 0. The lowest BCUT2D eigenvalue weighted by Gasteiger charge is -2.26. The Balaban J connectivity index is 2.79. The molecule has 1 atom stereocenters. The first-order chi connectivity index (χ1) is 8.04. The molecule has 1 aromatic rings. The van der Waals surface area contributed by atoms with Crippen molar-refractivity contribution in [1.82, 2.24) is 0 Å². The van der Waals surface area contributed by atoms with Gasteiger partial charge in [0.25, 0.3) is 0 Å². The van der Waals surface area contributed by atoms with E-state index in [1.54, 1.807) is 0 Å². The van der Waals surface area contributed by atoms with Crippen LogP contribution in [-0.4, -0.2) is 18.3 Å². The zero-order valence-corrected chi connectivity index (χ0v) is 10.7. The molecule has 0 radical (unpaired) electrons. The van der Waals surface area contributed by atoms with Crippen molar-refractivity contribution in [3.8, 4) is 6.07 Å². The lowest BCUT2D eigenvalue weighted by molar-refractivity contribution is 0.149. The molecule has 92 valence electrons. The monoisotopic (exact) mass is 232 g/mol. The van der Waals surface area contributed by atoms with Crippen molar-refractivity contribution in [3.63, 3.8) is 0 Å². The van der Waals surface area contributed by atoms with Crippen molar-refractivity contribution < 1.29 is 5.11 Å². The largest absolute Gasteiger partial charge is 0.396 e. The molecule has 0 saturated heterocycles. The summed E-state index contributed by atoms with van der Waals surface area (Å²) in [7, 11) is 0. The van der Waals surface area contributed by atoms with Gasteiger partial charge in [0.05, 0.1) is 18.2 Å². The van der Waals surface area contributed by atoms with Crippen molar-refractivity contribution in [2.24, 2.45) is 5.41 Å². The molecule has 0 bridgehead atoms. The Bertz CT molecular complexity index is 417. The van der Waals surface area contributed by atoms with E-state index in [4.69, 9.17) is 5.26 Å². The molecule has 0 amide bonds. The lowest BCUT2D eigenvalue weighted by Crippen LogP contribution is -2.29. The fourth-order valence-corrected chi connectivity index (χ4v) is 1.48. The summed E-state index contributed by atoms with van der Waals surface area (Å²) in [5, 5.41) is 21.5. The first-order valence-corrected chi connectivity index (χ1v) is 5.90. The first-order valence-electron chi connectivity index (χ1n) is 5.90. The van der Waals surface area contributed by atoms with Crippen LogP contribution < -0.4 is 5.32 Å². The van der Waals surface area contributed by atoms with Gasteiger partial charge in [0, 0.05) is 17.6 Å². The van der Waals surface area contributed by atoms with Crippen molar-refractivity contribution in [3.05, 3.63) is 29.3 Å². The first kappa shape index (κ1) is 13.5.